The van der Waals surface area contributed by atoms with Crippen LogP contribution in [-0.2, 0) is 9.84 Å². The lowest BCUT2D eigenvalue weighted by atomic mass is 10.0. The van der Waals surface area contributed by atoms with Crippen LogP contribution in [0.15, 0.2) is 77.7 Å². The zero-order valence-electron chi connectivity index (χ0n) is 14.9. The number of carbonyl (C=O) groups is 1. The minimum absolute atomic E-state index is 0.234. The van der Waals surface area contributed by atoms with E-state index in [0.29, 0.717) is 20.9 Å². The van der Waals surface area contributed by atoms with Crippen molar-refractivity contribution < 1.29 is 13.2 Å². The Bertz CT molecular complexity index is 1260. The molecule has 0 aliphatic rings. The molecule has 0 unspecified atom stereocenters. The average molecular weight is 409 g/mol. The number of benzene rings is 3. The number of thiazole rings is 1. The van der Waals surface area contributed by atoms with Gasteiger partial charge in [0, 0.05) is 11.8 Å². The van der Waals surface area contributed by atoms with Gasteiger partial charge in [-0.3, -0.25) is 10.1 Å². The standard InChI is InChI=1S/C21H16N2O3S2/c1-28(25,26)17-11-12-18-19(13-17)27-21(22-18)23-20(24)16-9-7-15(8-10-16)14-5-3-2-4-6-14/h2-13H,1H3,(H,22,23,24). The molecular weight excluding hydrogens is 392 g/mol. The molecule has 0 spiro atoms. The Kier molecular flexibility index (Phi) is 4.70. The van der Waals surface area contributed by atoms with Gasteiger partial charge in [0.1, 0.15) is 0 Å². The molecule has 0 atom stereocenters. The van der Waals surface area contributed by atoms with Gasteiger partial charge in [0.25, 0.3) is 5.91 Å². The molecule has 0 fully saturated rings. The molecule has 0 bridgehead atoms. The first-order valence-electron chi connectivity index (χ1n) is 8.48. The third-order valence-corrected chi connectivity index (χ3v) is 6.31. The zero-order valence-corrected chi connectivity index (χ0v) is 16.5. The highest BCUT2D eigenvalue weighted by molar-refractivity contribution is 7.90. The van der Waals surface area contributed by atoms with Crippen molar-refractivity contribution in [3.8, 4) is 11.1 Å². The van der Waals surface area contributed by atoms with Gasteiger partial charge in [0.15, 0.2) is 15.0 Å². The van der Waals surface area contributed by atoms with Gasteiger partial charge in [-0.05, 0) is 41.5 Å². The normalized spacial score (nSPS) is 11.5. The fourth-order valence-electron chi connectivity index (χ4n) is 2.80. The second-order valence-electron chi connectivity index (χ2n) is 6.32. The molecule has 140 valence electrons. The molecular formula is C21H16N2O3S2. The van der Waals surface area contributed by atoms with Gasteiger partial charge in [-0.1, -0.05) is 53.8 Å². The first-order chi connectivity index (χ1) is 13.4. The summed E-state index contributed by atoms with van der Waals surface area (Å²) >= 11 is 1.24. The number of sulfone groups is 1. The number of hydrogen-bond acceptors (Lipinski definition) is 5. The Morgan fingerprint density at radius 2 is 1.61 bits per heavy atom. The van der Waals surface area contributed by atoms with Gasteiger partial charge < -0.3 is 0 Å². The summed E-state index contributed by atoms with van der Waals surface area (Å²) in [5.41, 5.74) is 3.29. The van der Waals surface area contributed by atoms with Crippen LogP contribution >= 0.6 is 11.3 Å². The Balaban J connectivity index is 1.55. The molecule has 0 radical (unpaired) electrons. The maximum atomic E-state index is 12.5. The summed E-state index contributed by atoms with van der Waals surface area (Å²) < 4.78 is 24.1. The van der Waals surface area contributed by atoms with Crippen LogP contribution in [0.5, 0.6) is 0 Å². The van der Waals surface area contributed by atoms with E-state index in [1.54, 1.807) is 24.3 Å². The maximum absolute atomic E-state index is 12.5. The predicted molar refractivity (Wildman–Crippen MR) is 113 cm³/mol. The van der Waals surface area contributed by atoms with E-state index < -0.39 is 9.84 Å². The highest BCUT2D eigenvalue weighted by Gasteiger charge is 2.13. The summed E-state index contributed by atoms with van der Waals surface area (Å²) in [4.78, 5) is 17.1. The minimum atomic E-state index is -3.29. The summed E-state index contributed by atoms with van der Waals surface area (Å²) in [6.07, 6.45) is 1.16. The number of nitrogens with zero attached hydrogens (tertiary/aromatic N) is 1. The second kappa shape index (κ2) is 7.18. The molecule has 4 rings (SSSR count). The van der Waals surface area contributed by atoms with E-state index in [1.807, 2.05) is 42.5 Å². The van der Waals surface area contributed by atoms with Gasteiger partial charge in [-0.25, -0.2) is 13.4 Å². The Morgan fingerprint density at radius 3 is 2.29 bits per heavy atom. The predicted octanol–water partition coefficient (Wildman–Crippen LogP) is 4.62. The number of amides is 1. The molecule has 1 amide bonds. The molecule has 3 aromatic carbocycles. The summed E-state index contributed by atoms with van der Waals surface area (Å²) in [6.45, 7) is 0. The van der Waals surface area contributed by atoms with Gasteiger partial charge in [0.05, 0.1) is 15.1 Å². The summed E-state index contributed by atoms with van der Waals surface area (Å²) in [7, 11) is -3.29. The number of anilines is 1. The van der Waals surface area contributed by atoms with Crippen LogP contribution in [0.3, 0.4) is 0 Å². The topological polar surface area (TPSA) is 76.1 Å². The lowest BCUT2D eigenvalue weighted by Crippen LogP contribution is -2.11. The number of nitrogens with one attached hydrogen (secondary N) is 1. The first-order valence-corrected chi connectivity index (χ1v) is 11.2. The SMILES string of the molecule is CS(=O)(=O)c1ccc2nc(NC(=O)c3ccc(-c4ccccc4)cc3)sc2c1. The van der Waals surface area contributed by atoms with E-state index in [0.717, 1.165) is 17.4 Å². The van der Waals surface area contributed by atoms with Crippen molar-refractivity contribution in [2.75, 3.05) is 11.6 Å². The molecule has 0 saturated carbocycles. The molecule has 28 heavy (non-hydrogen) atoms. The van der Waals surface area contributed by atoms with Gasteiger partial charge in [-0.15, -0.1) is 0 Å². The van der Waals surface area contributed by atoms with Crippen molar-refractivity contribution in [1.29, 1.82) is 0 Å². The van der Waals surface area contributed by atoms with Crippen LogP contribution in [-0.4, -0.2) is 25.6 Å². The van der Waals surface area contributed by atoms with Gasteiger partial charge >= 0.3 is 0 Å². The van der Waals surface area contributed by atoms with Gasteiger partial charge in [0.2, 0.25) is 0 Å². The van der Waals surface area contributed by atoms with Crippen molar-refractivity contribution in [3.63, 3.8) is 0 Å². The molecule has 1 aromatic heterocycles. The van der Waals surface area contributed by atoms with Crippen molar-refractivity contribution in [2.24, 2.45) is 0 Å². The number of fused-ring (bicyclic) bond motifs is 1. The van der Waals surface area contributed by atoms with E-state index >= 15 is 0 Å². The van der Waals surface area contributed by atoms with E-state index in [1.165, 1.54) is 17.4 Å². The van der Waals surface area contributed by atoms with Crippen molar-refractivity contribution in [2.45, 2.75) is 4.90 Å². The number of hydrogen-bond donors (Lipinski definition) is 1. The lowest BCUT2D eigenvalue weighted by Gasteiger charge is -2.04. The Morgan fingerprint density at radius 1 is 0.929 bits per heavy atom. The van der Waals surface area contributed by atoms with Crippen molar-refractivity contribution >= 4 is 42.4 Å². The third-order valence-electron chi connectivity index (χ3n) is 4.26. The van der Waals surface area contributed by atoms with Crippen LogP contribution in [0.25, 0.3) is 21.3 Å². The molecule has 1 N–H and O–H groups in total. The largest absolute Gasteiger partial charge is 0.298 e. The van der Waals surface area contributed by atoms with Crippen LogP contribution in [0.1, 0.15) is 10.4 Å². The number of carbonyl (C=O) groups excluding carboxylic acids is 1. The molecule has 0 aliphatic heterocycles. The molecule has 4 aromatic rings. The van der Waals surface area contributed by atoms with Crippen LogP contribution in [0.2, 0.25) is 0 Å². The smallest absolute Gasteiger partial charge is 0.257 e. The van der Waals surface area contributed by atoms with Crippen LogP contribution in [0.4, 0.5) is 5.13 Å². The van der Waals surface area contributed by atoms with E-state index in [-0.39, 0.29) is 10.8 Å². The number of rotatable bonds is 4. The summed E-state index contributed by atoms with van der Waals surface area (Å²) in [5, 5.41) is 3.21. The Hall–Kier alpha value is -3.03. The fraction of sp³-hybridized carbons (Fsp3) is 0.0476. The van der Waals surface area contributed by atoms with Crippen LogP contribution in [0, 0.1) is 0 Å². The molecule has 0 saturated heterocycles. The summed E-state index contributed by atoms with van der Waals surface area (Å²) in [6, 6.07) is 22.0. The monoisotopic (exact) mass is 408 g/mol. The maximum Gasteiger partial charge on any atom is 0.257 e. The molecule has 5 nitrogen and oxygen atoms in total. The van der Waals surface area contributed by atoms with Crippen molar-refractivity contribution in [1.82, 2.24) is 4.98 Å². The molecule has 7 heteroatoms. The number of aromatic nitrogens is 1. The summed E-state index contributed by atoms with van der Waals surface area (Å²) in [5.74, 6) is -0.262. The van der Waals surface area contributed by atoms with E-state index in [2.05, 4.69) is 10.3 Å². The Labute approximate surface area is 166 Å². The fourth-order valence-corrected chi connectivity index (χ4v) is 4.42. The van der Waals surface area contributed by atoms with E-state index in [9.17, 15) is 13.2 Å². The van der Waals surface area contributed by atoms with Crippen molar-refractivity contribution in [3.05, 3.63) is 78.4 Å². The van der Waals surface area contributed by atoms with Crippen LogP contribution < -0.4 is 5.32 Å². The molecule has 1 heterocycles. The molecule has 0 aliphatic carbocycles. The average Bonchev–Trinajstić information content (AvgIpc) is 3.09. The second-order valence-corrected chi connectivity index (χ2v) is 9.36. The highest BCUT2D eigenvalue weighted by Crippen LogP contribution is 2.28. The van der Waals surface area contributed by atoms with Gasteiger partial charge in [-0.2, -0.15) is 0 Å². The minimum Gasteiger partial charge on any atom is -0.298 e. The lowest BCUT2D eigenvalue weighted by molar-refractivity contribution is 0.102. The highest BCUT2D eigenvalue weighted by atomic mass is 32.2. The third kappa shape index (κ3) is 3.81. The quantitative estimate of drug-likeness (QED) is 0.535. The first kappa shape index (κ1) is 18.3. The zero-order chi connectivity index (χ0) is 19.7. The van der Waals surface area contributed by atoms with E-state index in [4.69, 9.17) is 0 Å².